The Kier molecular flexibility index (Phi) is 5.49. The van der Waals surface area contributed by atoms with Gasteiger partial charge in [-0.2, -0.15) is 0 Å². The Labute approximate surface area is 137 Å². The van der Waals surface area contributed by atoms with Gasteiger partial charge in [0.05, 0.1) is 30.3 Å². The van der Waals surface area contributed by atoms with Gasteiger partial charge in [-0.15, -0.1) is 6.42 Å². The summed E-state index contributed by atoms with van der Waals surface area (Å²) < 4.78 is 5.14. The molecule has 0 spiro atoms. The van der Waals surface area contributed by atoms with Gasteiger partial charge in [-0.05, 0) is 18.6 Å². The number of pyridine rings is 1. The first kappa shape index (κ1) is 16.3. The van der Waals surface area contributed by atoms with E-state index in [-0.39, 0.29) is 0 Å². The molecule has 0 aliphatic rings. The summed E-state index contributed by atoms with van der Waals surface area (Å²) in [6.07, 6.45) is 11.0. The van der Waals surface area contributed by atoms with Crippen LogP contribution in [-0.4, -0.2) is 17.8 Å². The maximum atomic E-state index is 5.50. The molecule has 1 heterocycles. The van der Waals surface area contributed by atoms with Gasteiger partial charge < -0.3 is 4.74 Å². The van der Waals surface area contributed by atoms with Gasteiger partial charge in [-0.1, -0.05) is 55.0 Å². The quantitative estimate of drug-likeness (QED) is 0.468. The molecule has 0 fully saturated rings. The fraction of sp³-hybridized carbons (Fsp3) is 0.100. The number of allylic oxidation sites excluding steroid dienone is 3. The molecule has 3 nitrogen and oxygen atoms in total. The topological polar surface area (TPSA) is 34.5 Å². The zero-order chi connectivity index (χ0) is 16.7. The second-order valence-electron chi connectivity index (χ2n) is 4.75. The molecule has 3 heteroatoms. The van der Waals surface area contributed by atoms with Crippen molar-refractivity contribution in [3.8, 4) is 18.2 Å². The van der Waals surface area contributed by atoms with E-state index in [9.17, 15) is 0 Å². The van der Waals surface area contributed by atoms with Crippen LogP contribution in [0.5, 0.6) is 5.88 Å². The second kappa shape index (κ2) is 7.77. The predicted molar refractivity (Wildman–Crippen MR) is 95.3 cm³/mol. The van der Waals surface area contributed by atoms with E-state index in [0.29, 0.717) is 17.1 Å². The van der Waals surface area contributed by atoms with E-state index >= 15 is 0 Å². The number of terminal acetylenes is 1. The molecular formula is C20H18N2O. The summed E-state index contributed by atoms with van der Waals surface area (Å²) >= 11 is 0. The van der Waals surface area contributed by atoms with Gasteiger partial charge in [0.2, 0.25) is 5.88 Å². The standard InChI is InChI=1S/C20H18N2O/c1-5-10-15(3)19(17-11-8-7-9-12-17)22-18-13-16(6-2)20(23-4)21-14-18/h2,5,7-14H,3H2,1,4H3/b10-5-,22-19-. The van der Waals surface area contributed by atoms with Crippen LogP contribution in [0.15, 0.2) is 71.9 Å². The summed E-state index contributed by atoms with van der Waals surface area (Å²) in [5.41, 5.74) is 3.80. The number of aliphatic imine (C=N–C) groups is 1. The van der Waals surface area contributed by atoms with Gasteiger partial charge in [-0.3, -0.25) is 0 Å². The molecule has 0 radical (unpaired) electrons. The number of nitrogens with zero attached hydrogens (tertiary/aromatic N) is 2. The zero-order valence-corrected chi connectivity index (χ0v) is 13.3. The molecule has 0 aliphatic heterocycles. The van der Waals surface area contributed by atoms with E-state index < -0.39 is 0 Å². The van der Waals surface area contributed by atoms with Crippen LogP contribution >= 0.6 is 0 Å². The highest BCUT2D eigenvalue weighted by Gasteiger charge is 2.08. The Bertz CT molecular complexity index is 796. The second-order valence-corrected chi connectivity index (χ2v) is 4.75. The van der Waals surface area contributed by atoms with Crippen LogP contribution in [0, 0.1) is 12.3 Å². The lowest BCUT2D eigenvalue weighted by Gasteiger charge is -2.08. The van der Waals surface area contributed by atoms with Gasteiger partial charge >= 0.3 is 0 Å². The van der Waals surface area contributed by atoms with Gasteiger partial charge in [0, 0.05) is 5.56 Å². The maximum Gasteiger partial charge on any atom is 0.229 e. The molecule has 114 valence electrons. The van der Waals surface area contributed by atoms with Crippen molar-refractivity contribution >= 4 is 11.4 Å². The molecule has 0 bridgehead atoms. The number of methoxy groups -OCH3 is 1. The average molecular weight is 302 g/mol. The lowest BCUT2D eigenvalue weighted by molar-refractivity contribution is 0.396. The Balaban J connectivity index is 2.54. The number of hydrogen-bond donors (Lipinski definition) is 0. The number of rotatable bonds is 5. The van der Waals surface area contributed by atoms with Gasteiger partial charge in [0.1, 0.15) is 0 Å². The van der Waals surface area contributed by atoms with E-state index in [4.69, 9.17) is 11.2 Å². The molecule has 0 amide bonds. The molecule has 1 aromatic carbocycles. The number of aromatic nitrogens is 1. The third kappa shape index (κ3) is 3.96. The maximum absolute atomic E-state index is 5.50. The summed E-state index contributed by atoms with van der Waals surface area (Å²) in [6, 6.07) is 11.7. The Morgan fingerprint density at radius 3 is 2.70 bits per heavy atom. The molecule has 23 heavy (non-hydrogen) atoms. The summed E-state index contributed by atoms with van der Waals surface area (Å²) in [7, 11) is 1.54. The van der Waals surface area contributed by atoms with Crippen LogP contribution in [0.2, 0.25) is 0 Å². The van der Waals surface area contributed by atoms with Crippen LogP contribution < -0.4 is 4.74 Å². The van der Waals surface area contributed by atoms with Crippen molar-refractivity contribution in [1.29, 1.82) is 0 Å². The van der Waals surface area contributed by atoms with E-state index in [2.05, 4.69) is 22.5 Å². The minimum atomic E-state index is 0.417. The van der Waals surface area contributed by atoms with Crippen LogP contribution in [0.1, 0.15) is 18.1 Å². The minimum Gasteiger partial charge on any atom is -0.480 e. The number of ether oxygens (including phenoxy) is 1. The van der Waals surface area contributed by atoms with E-state index in [0.717, 1.165) is 16.8 Å². The molecule has 0 saturated heterocycles. The molecule has 1 aromatic heterocycles. The molecular weight excluding hydrogens is 284 g/mol. The SMILES string of the molecule is C#Cc1cc(/N=C(/C(=C)/C=C\C)c2ccccc2)cnc1OC. The molecule has 0 unspecified atom stereocenters. The summed E-state index contributed by atoms with van der Waals surface area (Å²) in [5.74, 6) is 2.98. The minimum absolute atomic E-state index is 0.417. The van der Waals surface area contributed by atoms with E-state index in [1.165, 1.54) is 7.11 Å². The van der Waals surface area contributed by atoms with Crippen LogP contribution in [0.4, 0.5) is 5.69 Å². The lowest BCUT2D eigenvalue weighted by atomic mass is 10.0. The fourth-order valence-electron chi connectivity index (χ4n) is 2.10. The fourth-order valence-corrected chi connectivity index (χ4v) is 2.10. The first-order valence-corrected chi connectivity index (χ1v) is 7.16. The monoisotopic (exact) mass is 302 g/mol. The van der Waals surface area contributed by atoms with E-state index in [1.807, 2.05) is 49.4 Å². The predicted octanol–water partition coefficient (Wildman–Crippen LogP) is 4.32. The number of hydrogen-bond acceptors (Lipinski definition) is 3. The van der Waals surface area contributed by atoms with Crippen molar-refractivity contribution in [2.45, 2.75) is 6.92 Å². The average Bonchev–Trinajstić information content (AvgIpc) is 2.60. The summed E-state index contributed by atoms with van der Waals surface area (Å²) in [4.78, 5) is 8.88. The van der Waals surface area contributed by atoms with Crippen molar-refractivity contribution in [3.05, 3.63) is 78.0 Å². The summed E-state index contributed by atoms with van der Waals surface area (Å²) in [6.45, 7) is 6.03. The van der Waals surface area contributed by atoms with Gasteiger partial charge in [0.25, 0.3) is 0 Å². The Morgan fingerprint density at radius 2 is 2.09 bits per heavy atom. The molecule has 0 N–H and O–H groups in total. The largest absolute Gasteiger partial charge is 0.480 e. The highest BCUT2D eigenvalue weighted by molar-refractivity contribution is 6.14. The third-order valence-corrected chi connectivity index (χ3v) is 3.15. The smallest absolute Gasteiger partial charge is 0.229 e. The number of benzene rings is 1. The van der Waals surface area contributed by atoms with Gasteiger partial charge in [0.15, 0.2) is 0 Å². The van der Waals surface area contributed by atoms with Crippen LogP contribution in [-0.2, 0) is 0 Å². The highest BCUT2D eigenvalue weighted by atomic mass is 16.5. The first-order chi connectivity index (χ1) is 11.2. The van der Waals surface area contributed by atoms with Crippen molar-refractivity contribution < 1.29 is 4.74 Å². The van der Waals surface area contributed by atoms with Gasteiger partial charge in [-0.25, -0.2) is 9.98 Å². The molecule has 2 aromatic rings. The zero-order valence-electron chi connectivity index (χ0n) is 13.3. The van der Waals surface area contributed by atoms with E-state index in [1.54, 1.807) is 12.3 Å². The molecule has 2 rings (SSSR count). The van der Waals surface area contributed by atoms with Crippen molar-refractivity contribution in [2.75, 3.05) is 7.11 Å². The highest BCUT2D eigenvalue weighted by Crippen LogP contribution is 2.22. The van der Waals surface area contributed by atoms with Crippen molar-refractivity contribution in [1.82, 2.24) is 4.98 Å². The van der Waals surface area contributed by atoms with Crippen LogP contribution in [0.3, 0.4) is 0 Å². The summed E-state index contributed by atoms with van der Waals surface area (Å²) in [5, 5.41) is 0. The molecule has 0 aliphatic carbocycles. The molecule has 0 atom stereocenters. The first-order valence-electron chi connectivity index (χ1n) is 7.16. The van der Waals surface area contributed by atoms with Crippen LogP contribution in [0.25, 0.3) is 0 Å². The van der Waals surface area contributed by atoms with Crippen molar-refractivity contribution in [3.63, 3.8) is 0 Å². The third-order valence-electron chi connectivity index (χ3n) is 3.15. The Morgan fingerprint density at radius 1 is 1.35 bits per heavy atom. The van der Waals surface area contributed by atoms with Crippen molar-refractivity contribution in [2.24, 2.45) is 4.99 Å². The molecule has 0 saturated carbocycles. The Hall–Kier alpha value is -3.12. The normalized spacial score (nSPS) is 11.3. The lowest BCUT2D eigenvalue weighted by Crippen LogP contribution is -2.02.